The van der Waals surface area contributed by atoms with E-state index in [-0.39, 0.29) is 38.5 Å². The molecule has 33 heteroatoms. The molecule has 0 N–H and O–H groups in total. The van der Waals surface area contributed by atoms with Crippen LogP contribution in [-0.2, 0) is 7.56 Å². The second-order valence-electron chi connectivity index (χ2n) is 14.1. The topological polar surface area (TPSA) is 27.7 Å². The van der Waals surface area contributed by atoms with Crippen LogP contribution in [0.3, 0.4) is 0 Å². The maximum atomic E-state index is 16.4. The van der Waals surface area contributed by atoms with Gasteiger partial charge in [0.1, 0.15) is 0 Å². The molecule has 0 saturated heterocycles. The van der Waals surface area contributed by atoms with Gasteiger partial charge in [-0.1, -0.05) is 0 Å². The molecule has 0 aromatic heterocycles. The summed E-state index contributed by atoms with van der Waals surface area (Å²) in [5.74, 6) is -31.4. The van der Waals surface area contributed by atoms with E-state index in [1.54, 1.807) is 0 Å². The predicted octanol–water partition coefficient (Wildman–Crippen LogP) is 14.9. The van der Waals surface area contributed by atoms with Crippen molar-refractivity contribution in [2.75, 3.05) is 13.2 Å². The molecule has 63 heavy (non-hydrogen) atoms. The summed E-state index contributed by atoms with van der Waals surface area (Å²) in [6.45, 7) is -2.52. The molecule has 0 bridgehead atoms. The molecule has 0 heterocycles. The summed E-state index contributed by atoms with van der Waals surface area (Å²) in [5.41, 5.74) is 0. The van der Waals surface area contributed by atoms with E-state index in [0.29, 0.717) is 0 Å². The van der Waals surface area contributed by atoms with Crippen molar-refractivity contribution in [2.24, 2.45) is 0 Å². The Morgan fingerprint density at radius 2 is 0.476 bits per heavy atom. The van der Waals surface area contributed by atoms with Crippen molar-refractivity contribution in [1.29, 1.82) is 0 Å². The van der Waals surface area contributed by atoms with Crippen molar-refractivity contribution in [3.63, 3.8) is 0 Å². The Labute approximate surface area is 349 Å². The Balaban J connectivity index is 9.63. The zero-order valence-electron chi connectivity index (χ0n) is 32.1. The van der Waals surface area contributed by atoms with Crippen LogP contribution in [0.15, 0.2) is 0 Å². The fourth-order valence-electron chi connectivity index (χ4n) is 5.53. The summed E-state index contributed by atoms with van der Waals surface area (Å²) in [7, 11) is 0. The van der Waals surface area contributed by atoms with Crippen LogP contribution >= 0.6 is 0 Å². The second kappa shape index (κ2) is 21.4. The summed E-state index contributed by atoms with van der Waals surface area (Å²) < 4.78 is 389. The van der Waals surface area contributed by atoms with Crippen molar-refractivity contribution < 1.29 is 130 Å². The summed E-state index contributed by atoms with van der Waals surface area (Å²) in [6, 6.07) is 0. The average Bonchev–Trinajstić information content (AvgIpc) is 3.01. The molecule has 0 unspecified atom stereocenters. The third-order valence-electron chi connectivity index (χ3n) is 8.57. The van der Waals surface area contributed by atoms with E-state index in [2.05, 4.69) is 7.56 Å². The quantitative estimate of drug-likeness (QED) is 0.0444. The Hall–Kier alpha value is -0.483. The van der Waals surface area contributed by atoms with E-state index >= 15 is 70.2 Å². The molecule has 0 amide bonds. The first-order valence-corrected chi connectivity index (χ1v) is 28.3. The molecule has 0 aromatic carbocycles. The van der Waals surface area contributed by atoms with Crippen LogP contribution in [-0.4, -0.2) is 116 Å². The van der Waals surface area contributed by atoms with Gasteiger partial charge >= 0.3 is 350 Å². The summed E-state index contributed by atoms with van der Waals surface area (Å²) in [4.78, 5) is 0. The van der Waals surface area contributed by atoms with Crippen molar-refractivity contribution in [1.82, 2.24) is 0 Å². The first kappa shape index (κ1) is 62.5. The minimum atomic E-state index is -12.2. The summed E-state index contributed by atoms with van der Waals surface area (Å²) >= 11 is -24.4. The first-order valence-electron chi connectivity index (χ1n) is 17.9. The summed E-state index contributed by atoms with van der Waals surface area (Å²) in [6.07, 6.45) is -52.0. The average molecular weight is 1220 g/mol. The molecular weight excluding hydrogens is 1180 g/mol. The van der Waals surface area contributed by atoms with E-state index in [0.717, 1.165) is 0 Å². The van der Waals surface area contributed by atoms with Gasteiger partial charge in [-0.25, -0.2) is 0 Å². The Kier molecular flexibility index (Phi) is 21.3. The van der Waals surface area contributed by atoms with Gasteiger partial charge in [0.15, 0.2) is 0 Å². The molecule has 0 rings (SSSR count). The molecule has 0 saturated carbocycles. The monoisotopic (exact) mass is 1220 g/mol. The van der Waals surface area contributed by atoms with Gasteiger partial charge in [0.25, 0.3) is 0 Å². The van der Waals surface area contributed by atoms with Gasteiger partial charge in [-0.2, -0.15) is 0 Å². The van der Waals surface area contributed by atoms with Crippen LogP contribution in [0, 0.1) is 0 Å². The molecule has 0 aromatic rings. The molecule has 0 aliphatic rings. The van der Waals surface area contributed by atoms with Crippen molar-refractivity contribution in [3.05, 3.63) is 0 Å². The van der Waals surface area contributed by atoms with Crippen LogP contribution in [0.2, 0.25) is 0 Å². The molecule has 0 aliphatic carbocycles. The zero-order valence-corrected chi connectivity index (χ0v) is 37.8. The molecule has 0 atom stereocenters. The molecule has 380 valence electrons. The molecular formula is C30H38F28O3Sn2. The van der Waals surface area contributed by atoms with Gasteiger partial charge in [-0.05, 0) is 0 Å². The SMILES string of the molecule is CCCCCCC[O][Sn]([O][Sn]([O]CCCCCCC)([C](F)(F)C(F)(F)CC(F)(F)F)[C](F)(F)C(F)(F)CC(F)(F)F)([C](F)(F)C(F)(F)CC(F)(F)F)[C](F)(F)C(F)(F)CC(F)(F)F. The molecule has 0 radical (unpaired) electrons. The van der Waals surface area contributed by atoms with Crippen LogP contribution in [0.4, 0.5) is 123 Å². The fourth-order valence-corrected chi connectivity index (χ4v) is 41.6. The van der Waals surface area contributed by atoms with Gasteiger partial charge in [-0.3, -0.25) is 0 Å². The van der Waals surface area contributed by atoms with Crippen LogP contribution in [0.1, 0.15) is 104 Å². The zero-order chi connectivity index (χ0) is 50.4. The predicted molar refractivity (Wildman–Crippen MR) is 164 cm³/mol. The minimum absolute atomic E-state index is 0.0444. The van der Waals surface area contributed by atoms with E-state index < -0.39 is 167 Å². The van der Waals surface area contributed by atoms with Gasteiger partial charge in [0, 0.05) is 0 Å². The number of halogens is 28. The maximum absolute atomic E-state index is 16.4. The third-order valence-corrected chi connectivity index (χ3v) is 38.3. The number of rotatable bonds is 28. The van der Waals surface area contributed by atoms with Crippen LogP contribution < -0.4 is 0 Å². The van der Waals surface area contributed by atoms with E-state index in [1.807, 2.05) is 0 Å². The van der Waals surface area contributed by atoms with Crippen molar-refractivity contribution in [2.45, 2.75) is 168 Å². The Morgan fingerprint density at radius 1 is 0.286 bits per heavy atom. The number of alkyl halides is 28. The molecule has 0 fully saturated rings. The fraction of sp³-hybridized carbons (Fsp3) is 1.00. The van der Waals surface area contributed by atoms with Crippen molar-refractivity contribution >= 4 is 38.4 Å². The van der Waals surface area contributed by atoms with Gasteiger partial charge in [0.05, 0.1) is 0 Å². The standard InChI is InChI=1S/2C7H15O.4C4H2F7.O.2Sn/c2*1-2-3-4-5-6-7-8;4*5-2(6)3(7,8)1-4(9,10)11;;;/h2*2-7H2,1H3;4*1H2;;;/q2*-1;;;;;;2*+1. The molecule has 0 spiro atoms. The van der Waals surface area contributed by atoms with Gasteiger partial charge < -0.3 is 0 Å². The van der Waals surface area contributed by atoms with Crippen molar-refractivity contribution in [3.8, 4) is 0 Å². The van der Waals surface area contributed by atoms with Gasteiger partial charge in [-0.15, -0.1) is 0 Å². The normalized spacial score (nSPS) is 15.7. The van der Waals surface area contributed by atoms with E-state index in [1.165, 1.54) is 13.8 Å². The Bertz CT molecular complexity index is 1210. The van der Waals surface area contributed by atoms with E-state index in [9.17, 15) is 52.7 Å². The second-order valence-corrected chi connectivity index (χ2v) is 34.5. The molecule has 3 nitrogen and oxygen atoms in total. The van der Waals surface area contributed by atoms with Crippen LogP contribution in [0.25, 0.3) is 0 Å². The third kappa shape index (κ3) is 15.3. The molecule has 0 aliphatic heterocycles. The van der Waals surface area contributed by atoms with E-state index in [4.69, 9.17) is 0 Å². The van der Waals surface area contributed by atoms with Gasteiger partial charge in [0.2, 0.25) is 0 Å². The summed E-state index contributed by atoms with van der Waals surface area (Å²) in [5, 5.41) is 0. The number of hydrogen-bond acceptors (Lipinski definition) is 3. The van der Waals surface area contributed by atoms with Crippen LogP contribution in [0.5, 0.6) is 0 Å². The Morgan fingerprint density at radius 3 is 0.651 bits per heavy atom. The number of hydrogen-bond donors (Lipinski definition) is 0. The number of unbranched alkanes of at least 4 members (excludes halogenated alkanes) is 8. The first-order chi connectivity index (χ1) is 27.7.